The van der Waals surface area contributed by atoms with Crippen molar-refractivity contribution in [3.8, 4) is 0 Å². The Morgan fingerprint density at radius 2 is 2.11 bits per heavy atom. The molecule has 1 N–H and O–H groups in total. The lowest BCUT2D eigenvalue weighted by Gasteiger charge is -2.30. The van der Waals surface area contributed by atoms with E-state index < -0.39 is 0 Å². The quantitative estimate of drug-likeness (QED) is 0.509. The number of β-amino-alcohol motifs (C(OH)–C–C–N with tert-alkyl or cyclic N) is 1. The van der Waals surface area contributed by atoms with E-state index in [1.165, 1.54) is 0 Å². The minimum atomic E-state index is -0.0845. The van der Waals surface area contributed by atoms with Gasteiger partial charge in [-0.25, -0.2) is 0 Å². The molecule has 1 rings (SSSR count). The maximum Gasteiger partial charge on any atom is 0.0670 e. The molecule has 9 heavy (non-hydrogen) atoms. The summed E-state index contributed by atoms with van der Waals surface area (Å²) in [4.78, 5) is 2.18. The maximum atomic E-state index is 9.21. The molecule has 54 valence electrons. The number of aliphatic hydroxyl groups excluding tert-OH is 1. The Bertz CT molecular complexity index is 69.9. The van der Waals surface area contributed by atoms with Crippen LogP contribution in [0.25, 0.3) is 0 Å². The van der Waals surface area contributed by atoms with E-state index in [1.807, 2.05) is 0 Å². The molecule has 0 amide bonds. The van der Waals surface area contributed by atoms with Gasteiger partial charge in [-0.15, -0.1) is 0 Å². The summed E-state index contributed by atoms with van der Waals surface area (Å²) >= 11 is 0. The largest absolute Gasteiger partial charge is 0.392 e. The molecule has 0 saturated carbocycles. The van der Waals surface area contributed by atoms with Gasteiger partial charge in [0.1, 0.15) is 0 Å². The third-order valence-electron chi connectivity index (χ3n) is 1.82. The molecule has 1 fully saturated rings. The first kappa shape index (κ1) is 7.03. The summed E-state index contributed by atoms with van der Waals surface area (Å²) in [7, 11) is 2.05. The summed E-state index contributed by atoms with van der Waals surface area (Å²) in [6.45, 7) is 4.17. The number of rotatable bonds is 0. The lowest BCUT2D eigenvalue weighted by Crippen LogP contribution is -2.39. The van der Waals surface area contributed by atoms with Gasteiger partial charge in [-0.05, 0) is 19.4 Å². The van der Waals surface area contributed by atoms with E-state index in [2.05, 4.69) is 18.9 Å². The fraction of sp³-hybridized carbons (Fsp3) is 1.00. The molecule has 2 heteroatoms. The standard InChI is InChI=1S/C7H15NO/c1-6-3-7(9)5-8(2)4-6/h6-7,9H,3-5H2,1-2H3/t6-,7-/m0/s1. The van der Waals surface area contributed by atoms with Crippen molar-refractivity contribution in [2.24, 2.45) is 5.92 Å². The maximum absolute atomic E-state index is 9.21. The fourth-order valence-electron chi connectivity index (χ4n) is 1.58. The highest BCUT2D eigenvalue weighted by Gasteiger charge is 2.19. The number of piperidine rings is 1. The molecule has 0 aromatic carbocycles. The molecule has 1 heterocycles. The summed E-state index contributed by atoms with van der Waals surface area (Å²) in [5, 5.41) is 9.21. The molecule has 0 aromatic rings. The first-order valence-corrected chi connectivity index (χ1v) is 3.55. The number of nitrogens with zero attached hydrogens (tertiary/aromatic N) is 1. The van der Waals surface area contributed by atoms with Crippen molar-refractivity contribution in [2.75, 3.05) is 20.1 Å². The minimum absolute atomic E-state index is 0.0845. The molecule has 0 aromatic heterocycles. The van der Waals surface area contributed by atoms with Crippen LogP contribution in [0.3, 0.4) is 0 Å². The van der Waals surface area contributed by atoms with Gasteiger partial charge in [0.2, 0.25) is 0 Å². The second-order valence-corrected chi connectivity index (χ2v) is 3.22. The Balaban J connectivity index is 2.34. The normalized spacial score (nSPS) is 39.0. The van der Waals surface area contributed by atoms with Crippen molar-refractivity contribution >= 4 is 0 Å². The van der Waals surface area contributed by atoms with Crippen LogP contribution in [-0.2, 0) is 0 Å². The highest BCUT2D eigenvalue weighted by atomic mass is 16.3. The molecule has 1 saturated heterocycles. The molecule has 0 bridgehead atoms. The van der Waals surface area contributed by atoms with E-state index in [9.17, 15) is 5.11 Å². The van der Waals surface area contributed by atoms with Gasteiger partial charge in [-0.2, -0.15) is 0 Å². The van der Waals surface area contributed by atoms with Gasteiger partial charge < -0.3 is 10.0 Å². The van der Waals surface area contributed by atoms with Crippen LogP contribution in [0.4, 0.5) is 0 Å². The zero-order chi connectivity index (χ0) is 6.85. The van der Waals surface area contributed by atoms with Crippen molar-refractivity contribution in [3.63, 3.8) is 0 Å². The monoisotopic (exact) mass is 129 g/mol. The molecule has 0 radical (unpaired) electrons. The lowest BCUT2D eigenvalue weighted by molar-refractivity contribution is 0.0582. The van der Waals surface area contributed by atoms with E-state index in [1.54, 1.807) is 0 Å². The summed E-state index contributed by atoms with van der Waals surface area (Å²) in [5.74, 6) is 0.666. The third kappa shape index (κ3) is 1.95. The van der Waals surface area contributed by atoms with Crippen molar-refractivity contribution in [1.29, 1.82) is 0 Å². The molecule has 1 aliphatic heterocycles. The predicted octanol–water partition coefficient (Wildman–Crippen LogP) is 0.319. The summed E-state index contributed by atoms with van der Waals surface area (Å²) < 4.78 is 0. The molecular formula is C7H15NO. The Morgan fingerprint density at radius 3 is 2.56 bits per heavy atom. The van der Waals surface area contributed by atoms with Crippen LogP contribution in [0, 0.1) is 5.92 Å². The van der Waals surface area contributed by atoms with Crippen molar-refractivity contribution in [3.05, 3.63) is 0 Å². The van der Waals surface area contributed by atoms with Gasteiger partial charge in [0, 0.05) is 13.1 Å². The van der Waals surface area contributed by atoms with Crippen LogP contribution in [0.5, 0.6) is 0 Å². The van der Waals surface area contributed by atoms with Crippen LogP contribution in [0.15, 0.2) is 0 Å². The Kier molecular flexibility index (Phi) is 2.09. The average molecular weight is 129 g/mol. The molecule has 0 spiro atoms. The highest BCUT2D eigenvalue weighted by Crippen LogP contribution is 2.13. The van der Waals surface area contributed by atoms with Gasteiger partial charge >= 0.3 is 0 Å². The van der Waals surface area contributed by atoms with Crippen molar-refractivity contribution < 1.29 is 5.11 Å². The Hall–Kier alpha value is -0.0800. The molecule has 2 nitrogen and oxygen atoms in total. The predicted molar refractivity (Wildman–Crippen MR) is 37.3 cm³/mol. The van der Waals surface area contributed by atoms with Crippen LogP contribution >= 0.6 is 0 Å². The minimum Gasteiger partial charge on any atom is -0.392 e. The third-order valence-corrected chi connectivity index (χ3v) is 1.82. The molecule has 0 unspecified atom stereocenters. The van der Waals surface area contributed by atoms with Crippen LogP contribution in [-0.4, -0.2) is 36.2 Å². The Morgan fingerprint density at radius 1 is 1.44 bits per heavy atom. The van der Waals surface area contributed by atoms with E-state index in [0.717, 1.165) is 19.5 Å². The van der Waals surface area contributed by atoms with Crippen molar-refractivity contribution in [1.82, 2.24) is 4.90 Å². The molecular weight excluding hydrogens is 114 g/mol. The summed E-state index contributed by atoms with van der Waals surface area (Å²) in [6.07, 6.45) is 0.892. The lowest BCUT2D eigenvalue weighted by atomic mass is 9.99. The first-order chi connectivity index (χ1) is 4.18. The number of likely N-dealkylation sites (N-methyl/N-ethyl adjacent to an activating group) is 1. The number of hydrogen-bond acceptors (Lipinski definition) is 2. The van der Waals surface area contributed by atoms with Crippen LogP contribution in [0.2, 0.25) is 0 Å². The number of likely N-dealkylation sites (tertiary alicyclic amines) is 1. The van der Waals surface area contributed by atoms with E-state index in [4.69, 9.17) is 0 Å². The smallest absolute Gasteiger partial charge is 0.0670 e. The second kappa shape index (κ2) is 2.67. The van der Waals surface area contributed by atoms with E-state index in [0.29, 0.717) is 5.92 Å². The fourth-order valence-corrected chi connectivity index (χ4v) is 1.58. The van der Waals surface area contributed by atoms with Gasteiger partial charge in [0.25, 0.3) is 0 Å². The molecule has 0 aliphatic carbocycles. The van der Waals surface area contributed by atoms with E-state index >= 15 is 0 Å². The highest BCUT2D eigenvalue weighted by molar-refractivity contribution is 4.73. The summed E-state index contributed by atoms with van der Waals surface area (Å²) in [6, 6.07) is 0. The van der Waals surface area contributed by atoms with Gasteiger partial charge in [-0.1, -0.05) is 6.92 Å². The van der Waals surface area contributed by atoms with Crippen LogP contribution < -0.4 is 0 Å². The second-order valence-electron chi connectivity index (χ2n) is 3.22. The van der Waals surface area contributed by atoms with Gasteiger partial charge in [0.15, 0.2) is 0 Å². The average Bonchev–Trinajstić information content (AvgIpc) is 1.59. The van der Waals surface area contributed by atoms with Crippen LogP contribution in [0.1, 0.15) is 13.3 Å². The topological polar surface area (TPSA) is 23.5 Å². The zero-order valence-electron chi connectivity index (χ0n) is 6.17. The molecule has 1 aliphatic rings. The van der Waals surface area contributed by atoms with Crippen molar-refractivity contribution in [2.45, 2.75) is 19.4 Å². The van der Waals surface area contributed by atoms with Gasteiger partial charge in [-0.3, -0.25) is 0 Å². The number of hydrogen-bond donors (Lipinski definition) is 1. The SMILES string of the molecule is C[C@H]1C[C@H](O)CN(C)C1. The van der Waals surface area contributed by atoms with Gasteiger partial charge in [0.05, 0.1) is 6.10 Å². The van der Waals surface area contributed by atoms with E-state index in [-0.39, 0.29) is 6.10 Å². The number of aliphatic hydroxyl groups is 1. The first-order valence-electron chi connectivity index (χ1n) is 3.55. The zero-order valence-corrected chi connectivity index (χ0v) is 6.17. The molecule has 2 atom stereocenters. The Labute approximate surface area is 56.5 Å². The summed E-state index contributed by atoms with van der Waals surface area (Å²) in [5.41, 5.74) is 0.